The Hall–Kier alpha value is -2.91. The number of sulfonamides is 1. The summed E-state index contributed by atoms with van der Waals surface area (Å²) in [6.07, 6.45) is 4.18. The highest BCUT2D eigenvalue weighted by Gasteiger charge is 2.25. The predicted octanol–water partition coefficient (Wildman–Crippen LogP) is 1.76. The Balaban J connectivity index is 0.00000361. The van der Waals surface area contributed by atoms with Crippen molar-refractivity contribution in [2.45, 2.75) is 4.90 Å². The molecule has 0 bridgehead atoms. The minimum absolute atomic E-state index is 0. The van der Waals surface area contributed by atoms with E-state index < -0.39 is 15.8 Å². The molecule has 1 saturated heterocycles. The Bertz CT molecular complexity index is 1310. The Kier molecular flexibility index (Phi) is 9.50. The van der Waals surface area contributed by atoms with E-state index in [0.717, 1.165) is 24.2 Å². The van der Waals surface area contributed by atoms with Crippen LogP contribution in [0.5, 0.6) is 0 Å². The summed E-state index contributed by atoms with van der Waals surface area (Å²) in [5, 5.41) is 0.184. The van der Waals surface area contributed by atoms with Gasteiger partial charge in [0.1, 0.15) is 5.82 Å². The van der Waals surface area contributed by atoms with E-state index in [0.29, 0.717) is 26.2 Å². The summed E-state index contributed by atoms with van der Waals surface area (Å²) in [5.41, 5.74) is 1.48. The van der Waals surface area contributed by atoms with Gasteiger partial charge >= 0.3 is 0 Å². The van der Waals surface area contributed by atoms with Crippen LogP contribution in [0, 0.1) is 5.82 Å². The third-order valence-corrected chi connectivity index (χ3v) is 7.42. The quantitative estimate of drug-likeness (QED) is 0.488. The van der Waals surface area contributed by atoms with Gasteiger partial charge in [-0.15, -0.1) is 0 Å². The molecule has 3 aromatic carbocycles. The molecule has 0 radical (unpaired) electrons. The first-order valence-corrected chi connectivity index (χ1v) is 13.0. The van der Waals surface area contributed by atoms with Crippen LogP contribution in [0.1, 0.15) is 15.9 Å². The molecule has 1 aliphatic heterocycles. The number of anilines is 1. The van der Waals surface area contributed by atoms with Crippen LogP contribution in [0.3, 0.4) is 0 Å². The van der Waals surface area contributed by atoms with Gasteiger partial charge in [0.15, 0.2) is 0 Å². The monoisotopic (exact) mass is 548 g/mol. The van der Waals surface area contributed by atoms with Crippen LogP contribution < -0.4 is 17.1 Å². The lowest BCUT2D eigenvalue weighted by atomic mass is 10.1. The Morgan fingerprint density at radius 2 is 1.64 bits per heavy atom. The summed E-state index contributed by atoms with van der Waals surface area (Å²) < 4.78 is 41.1. The van der Waals surface area contributed by atoms with Crippen molar-refractivity contribution in [3.05, 3.63) is 101 Å². The van der Waals surface area contributed by atoms with Gasteiger partial charge in [-0.2, -0.15) is 0 Å². The first-order valence-electron chi connectivity index (χ1n) is 11.1. The van der Waals surface area contributed by atoms with Crippen molar-refractivity contribution in [2.75, 3.05) is 37.4 Å². The van der Waals surface area contributed by atoms with Gasteiger partial charge in [0.2, 0.25) is 0 Å². The molecular weight excluding hydrogens is 524 g/mol. The normalized spacial score (nSPS) is 14.4. The van der Waals surface area contributed by atoms with E-state index in [1.807, 2.05) is 30.3 Å². The highest BCUT2D eigenvalue weighted by molar-refractivity contribution is 7.92. The largest absolute Gasteiger partial charge is 1.00 e. The number of nitrogens with one attached hydrogen (secondary N) is 1. The van der Waals surface area contributed by atoms with Crippen molar-refractivity contribution in [3.8, 4) is 0 Å². The fourth-order valence-corrected chi connectivity index (χ4v) is 5.06. The smallest absolute Gasteiger partial charge is 0.261 e. The molecule has 36 heavy (non-hydrogen) atoms. The number of benzene rings is 3. The van der Waals surface area contributed by atoms with E-state index in [9.17, 15) is 17.6 Å². The fraction of sp³-hybridized carbons (Fsp3) is 0.192. The molecule has 1 heterocycles. The molecule has 6 nitrogen and oxygen atoms in total. The zero-order chi connectivity index (χ0) is 24.8. The molecule has 10 heteroatoms. The number of hydrogen-bond donors (Lipinski definition) is 1. The lowest BCUT2D eigenvalue weighted by molar-refractivity contribution is -0.0000204. The van der Waals surface area contributed by atoms with Gasteiger partial charge in [-0.25, -0.2) is 12.8 Å². The lowest BCUT2D eigenvalue weighted by Crippen LogP contribution is -3.00. The van der Waals surface area contributed by atoms with Crippen LogP contribution in [0.4, 0.5) is 10.1 Å². The van der Waals surface area contributed by atoms with Crippen LogP contribution in [0.25, 0.3) is 6.08 Å². The minimum atomic E-state index is -3.99. The Morgan fingerprint density at radius 1 is 0.972 bits per heavy atom. The van der Waals surface area contributed by atoms with Gasteiger partial charge in [-0.1, -0.05) is 54.1 Å². The van der Waals surface area contributed by atoms with Crippen molar-refractivity contribution in [2.24, 2.45) is 0 Å². The lowest BCUT2D eigenvalue weighted by Gasteiger charge is -2.34. The zero-order valence-electron chi connectivity index (χ0n) is 19.3. The van der Waals surface area contributed by atoms with Crippen molar-refractivity contribution >= 4 is 39.3 Å². The summed E-state index contributed by atoms with van der Waals surface area (Å²) in [5.74, 6) is -0.784. The van der Waals surface area contributed by atoms with E-state index in [1.165, 1.54) is 30.3 Å². The number of hydrogen-bond acceptors (Lipinski definition) is 4. The molecule has 0 aliphatic carbocycles. The molecule has 4 rings (SSSR count). The maximum atomic E-state index is 13.2. The van der Waals surface area contributed by atoms with Crippen molar-refractivity contribution in [3.63, 3.8) is 0 Å². The summed E-state index contributed by atoms with van der Waals surface area (Å²) >= 11 is 6.27. The van der Waals surface area contributed by atoms with Gasteiger partial charge < -0.3 is 17.3 Å². The molecule has 1 fully saturated rings. The number of carbonyl (C=O) groups is 1. The number of nitrogens with zero attached hydrogens (tertiary/aromatic N) is 2. The molecule has 0 saturated carbocycles. The first kappa shape index (κ1) is 27.7. The van der Waals surface area contributed by atoms with Crippen LogP contribution in [0.15, 0.2) is 83.8 Å². The number of halogens is 3. The summed E-state index contributed by atoms with van der Waals surface area (Å²) in [6.45, 7) is 3.21. The SMILES string of the molecule is O=C(c1cc(S(=O)(=O)Nc2ccc(F)cc2)ccc1Cl)N1CCN(C/C=C/c2ccccc2)CC1.[Cl-]. The topological polar surface area (TPSA) is 69.7 Å². The second-order valence-electron chi connectivity index (χ2n) is 8.16. The van der Waals surface area contributed by atoms with Crippen LogP contribution >= 0.6 is 11.6 Å². The van der Waals surface area contributed by atoms with Gasteiger partial charge in [0.25, 0.3) is 15.9 Å². The molecular formula is C26H25Cl2FN3O3S-. The summed E-state index contributed by atoms with van der Waals surface area (Å²) in [7, 11) is -3.99. The highest BCUT2D eigenvalue weighted by atomic mass is 35.5. The van der Waals surface area contributed by atoms with E-state index >= 15 is 0 Å². The summed E-state index contributed by atoms with van der Waals surface area (Å²) in [4.78, 5) is 17.0. The number of amides is 1. The molecule has 1 aliphatic rings. The predicted molar refractivity (Wildman–Crippen MR) is 136 cm³/mol. The third kappa shape index (κ3) is 7.07. The van der Waals surface area contributed by atoms with E-state index in [1.54, 1.807) is 4.90 Å². The second-order valence-corrected chi connectivity index (χ2v) is 10.2. The molecule has 1 N–H and O–H groups in total. The molecule has 0 aromatic heterocycles. The van der Waals surface area contributed by atoms with E-state index in [2.05, 4.69) is 21.8 Å². The van der Waals surface area contributed by atoms with E-state index in [-0.39, 0.29) is 39.5 Å². The number of carbonyl (C=O) groups excluding carboxylic acids is 1. The highest BCUT2D eigenvalue weighted by Crippen LogP contribution is 2.24. The maximum absolute atomic E-state index is 13.2. The first-order chi connectivity index (χ1) is 16.8. The van der Waals surface area contributed by atoms with Crippen LogP contribution in [-0.2, 0) is 10.0 Å². The van der Waals surface area contributed by atoms with Gasteiger partial charge in [0.05, 0.1) is 15.5 Å². The van der Waals surface area contributed by atoms with Gasteiger partial charge in [0, 0.05) is 38.4 Å². The molecule has 0 unspecified atom stereocenters. The van der Waals surface area contributed by atoms with Crippen molar-refractivity contribution in [1.82, 2.24) is 9.80 Å². The van der Waals surface area contributed by atoms with Gasteiger partial charge in [-0.05, 0) is 48.0 Å². The van der Waals surface area contributed by atoms with Crippen molar-refractivity contribution < 1.29 is 30.0 Å². The zero-order valence-corrected chi connectivity index (χ0v) is 21.6. The summed E-state index contributed by atoms with van der Waals surface area (Å²) in [6, 6.07) is 19.0. The Labute approximate surface area is 221 Å². The average Bonchev–Trinajstić information content (AvgIpc) is 2.86. The third-order valence-electron chi connectivity index (χ3n) is 5.71. The maximum Gasteiger partial charge on any atom is 0.261 e. The van der Waals surface area contributed by atoms with Crippen molar-refractivity contribution in [1.29, 1.82) is 0 Å². The molecule has 1 amide bonds. The molecule has 3 aromatic rings. The number of piperazine rings is 1. The Morgan fingerprint density at radius 3 is 2.31 bits per heavy atom. The van der Waals surface area contributed by atoms with E-state index in [4.69, 9.17) is 11.6 Å². The second kappa shape index (κ2) is 12.4. The fourth-order valence-electron chi connectivity index (χ4n) is 3.77. The van der Waals surface area contributed by atoms with Crippen LogP contribution in [0.2, 0.25) is 5.02 Å². The van der Waals surface area contributed by atoms with Gasteiger partial charge in [-0.3, -0.25) is 14.4 Å². The standard InChI is InChI=1S/C26H25ClFN3O3S.ClH/c27-25-13-12-23(35(33,34)29-22-10-8-21(28)9-11-22)19-24(25)26(32)31-17-15-30(16-18-31)14-4-7-20-5-2-1-3-6-20;/h1-13,19,29H,14-18H2;1H/p-1/b7-4+;. The molecule has 0 atom stereocenters. The number of rotatable bonds is 7. The molecule has 190 valence electrons. The van der Waals surface area contributed by atoms with Crippen LogP contribution in [-0.4, -0.2) is 56.8 Å². The molecule has 0 spiro atoms. The average molecular weight is 549 g/mol. The minimum Gasteiger partial charge on any atom is -1.00 e.